The van der Waals surface area contributed by atoms with Crippen LogP contribution in [-0.4, -0.2) is 14.5 Å². The second-order valence-electron chi connectivity index (χ2n) is 13.7. The summed E-state index contributed by atoms with van der Waals surface area (Å²) in [6.45, 7) is 4.47. The van der Waals surface area contributed by atoms with Gasteiger partial charge in [0.15, 0.2) is 11.2 Å². The van der Waals surface area contributed by atoms with Gasteiger partial charge < -0.3 is 13.4 Å². The molecular weight excluding hydrogens is 639 g/mol. The molecule has 0 bridgehead atoms. The summed E-state index contributed by atoms with van der Waals surface area (Å²) in [4.78, 5) is 9.10. The molecule has 5 heteroatoms. The largest absolute Gasteiger partial charge is 0.436 e. The zero-order valence-electron chi connectivity index (χ0n) is 36.0. The molecule has 5 nitrogen and oxygen atoms in total. The highest BCUT2D eigenvalue weighted by Crippen LogP contribution is 2.52. The Morgan fingerprint density at radius 2 is 1.15 bits per heavy atom. The van der Waals surface area contributed by atoms with Crippen molar-refractivity contribution in [2.75, 3.05) is 0 Å². The van der Waals surface area contributed by atoms with E-state index in [1.165, 1.54) is 16.3 Å². The Balaban J connectivity index is 1.11. The van der Waals surface area contributed by atoms with Gasteiger partial charge in [-0.3, -0.25) is 0 Å². The lowest BCUT2D eigenvalue weighted by Gasteiger charge is -2.22. The fourth-order valence-electron chi connectivity index (χ4n) is 7.86. The van der Waals surface area contributed by atoms with Crippen molar-refractivity contribution in [3.05, 3.63) is 163 Å². The van der Waals surface area contributed by atoms with E-state index < -0.39 is 29.6 Å². The SMILES string of the molecule is [2H]c1c([2H])c([2H])c2oc(-c3cc(-c4ccc5c(c4)C(C)(C)c4cc6c(cc4-5)c4ccccc4n6-c4ccccc4)cc(-c4nc5c([2H])c([2H])c([2H])c([2H])c5o4)c3)nc2c1[2H]. The van der Waals surface area contributed by atoms with E-state index in [4.69, 9.17) is 19.8 Å². The number of oxazole rings is 2. The Kier molecular flexibility index (Phi) is 4.54. The first-order valence-corrected chi connectivity index (χ1v) is 17.0. The van der Waals surface area contributed by atoms with Crippen LogP contribution in [0.2, 0.25) is 0 Å². The van der Waals surface area contributed by atoms with Crippen LogP contribution in [0.15, 0.2) is 160 Å². The molecule has 0 saturated heterocycles. The van der Waals surface area contributed by atoms with Crippen molar-refractivity contribution in [3.8, 4) is 50.8 Å². The first-order chi connectivity index (χ1) is 28.8. The summed E-state index contributed by atoms with van der Waals surface area (Å²) in [6.07, 6.45) is 0. The molecule has 1 aliphatic rings. The molecule has 1 aliphatic carbocycles. The maximum Gasteiger partial charge on any atom is 0.227 e. The number of hydrogen-bond acceptors (Lipinski definition) is 4. The highest BCUT2D eigenvalue weighted by Gasteiger charge is 2.37. The van der Waals surface area contributed by atoms with Crippen LogP contribution in [0.5, 0.6) is 0 Å². The molecular formula is C47H31N3O2. The van der Waals surface area contributed by atoms with E-state index in [0.717, 1.165) is 39.0 Å². The van der Waals surface area contributed by atoms with Gasteiger partial charge in [-0.05, 0) is 112 Å². The Labute approximate surface area is 310 Å². The van der Waals surface area contributed by atoms with Gasteiger partial charge in [0.25, 0.3) is 0 Å². The molecule has 0 amide bonds. The number of hydrogen-bond donors (Lipinski definition) is 0. The lowest BCUT2D eigenvalue weighted by atomic mass is 9.81. The quantitative estimate of drug-likeness (QED) is 0.186. The molecule has 7 aromatic carbocycles. The summed E-state index contributed by atoms with van der Waals surface area (Å²) in [7, 11) is 0. The Morgan fingerprint density at radius 1 is 0.538 bits per heavy atom. The first kappa shape index (κ1) is 22.2. The van der Waals surface area contributed by atoms with Crippen LogP contribution in [-0.2, 0) is 5.41 Å². The number of para-hydroxylation sites is 6. The second-order valence-corrected chi connectivity index (χ2v) is 13.7. The van der Waals surface area contributed by atoms with Gasteiger partial charge in [0.05, 0.1) is 22.0 Å². The molecule has 52 heavy (non-hydrogen) atoms. The van der Waals surface area contributed by atoms with E-state index >= 15 is 0 Å². The molecule has 10 aromatic rings. The predicted octanol–water partition coefficient (Wildman–Crippen LogP) is 12.4. The van der Waals surface area contributed by atoms with Gasteiger partial charge in [-0.1, -0.05) is 86.5 Å². The third kappa shape index (κ3) is 4.23. The van der Waals surface area contributed by atoms with Crippen molar-refractivity contribution in [3.63, 3.8) is 0 Å². The third-order valence-electron chi connectivity index (χ3n) is 10.3. The van der Waals surface area contributed by atoms with Gasteiger partial charge in [0.1, 0.15) is 11.0 Å². The van der Waals surface area contributed by atoms with Crippen molar-refractivity contribution in [1.29, 1.82) is 0 Å². The minimum atomic E-state index is -0.431. The van der Waals surface area contributed by atoms with Crippen molar-refractivity contribution < 1.29 is 19.8 Å². The minimum absolute atomic E-state index is 0.00847. The van der Waals surface area contributed by atoms with Crippen LogP contribution in [0.4, 0.5) is 0 Å². The molecule has 0 atom stereocenters. The molecule has 0 radical (unpaired) electrons. The molecule has 0 unspecified atom stereocenters. The number of fused-ring (bicyclic) bond motifs is 8. The van der Waals surface area contributed by atoms with Crippen LogP contribution < -0.4 is 0 Å². The maximum absolute atomic E-state index is 8.48. The van der Waals surface area contributed by atoms with Crippen molar-refractivity contribution in [1.82, 2.24) is 14.5 Å². The van der Waals surface area contributed by atoms with Crippen LogP contribution in [0.25, 0.3) is 94.9 Å². The monoisotopic (exact) mass is 677 g/mol. The van der Waals surface area contributed by atoms with Crippen LogP contribution in [0, 0.1) is 0 Å². The smallest absolute Gasteiger partial charge is 0.227 e. The van der Waals surface area contributed by atoms with Gasteiger partial charge in [-0.15, -0.1) is 0 Å². The Bertz CT molecular complexity index is 3310. The van der Waals surface area contributed by atoms with Gasteiger partial charge in [-0.2, -0.15) is 0 Å². The number of rotatable bonds is 4. The number of benzene rings is 7. The van der Waals surface area contributed by atoms with Crippen LogP contribution >= 0.6 is 0 Å². The molecule has 11 rings (SSSR count). The van der Waals surface area contributed by atoms with E-state index in [1.807, 2.05) is 24.3 Å². The average molecular weight is 678 g/mol. The van der Waals surface area contributed by atoms with Crippen molar-refractivity contribution in [2.24, 2.45) is 0 Å². The molecule has 3 heterocycles. The maximum atomic E-state index is 8.48. The van der Waals surface area contributed by atoms with Crippen molar-refractivity contribution in [2.45, 2.75) is 19.3 Å². The van der Waals surface area contributed by atoms with E-state index in [1.54, 1.807) is 6.07 Å². The van der Waals surface area contributed by atoms with E-state index in [9.17, 15) is 0 Å². The highest BCUT2D eigenvalue weighted by atomic mass is 16.4. The van der Waals surface area contributed by atoms with Gasteiger partial charge >= 0.3 is 0 Å². The normalized spacial score (nSPS) is 15.5. The third-order valence-corrected chi connectivity index (χ3v) is 10.3. The summed E-state index contributed by atoms with van der Waals surface area (Å²) in [5.41, 5.74) is 9.81. The number of nitrogens with zero attached hydrogens (tertiary/aromatic N) is 3. The van der Waals surface area contributed by atoms with Crippen LogP contribution in [0.3, 0.4) is 0 Å². The molecule has 0 N–H and O–H groups in total. The summed E-state index contributed by atoms with van der Waals surface area (Å²) in [5, 5.41) is 2.34. The van der Waals surface area contributed by atoms with Crippen molar-refractivity contribution >= 4 is 44.0 Å². The molecule has 0 saturated carbocycles. The topological polar surface area (TPSA) is 57.0 Å². The fraction of sp³-hybridized carbons (Fsp3) is 0.0638. The van der Waals surface area contributed by atoms with Gasteiger partial charge in [0, 0.05) is 33.0 Å². The molecule has 246 valence electrons. The fourth-order valence-corrected chi connectivity index (χ4v) is 7.86. The van der Waals surface area contributed by atoms with Gasteiger partial charge in [-0.25, -0.2) is 9.97 Å². The van der Waals surface area contributed by atoms with Crippen LogP contribution in [0.1, 0.15) is 35.9 Å². The molecule has 3 aromatic heterocycles. The summed E-state index contributed by atoms with van der Waals surface area (Å²) in [6, 6.07) is 32.3. The summed E-state index contributed by atoms with van der Waals surface area (Å²) in [5.74, 6) is 0.0965. The lowest BCUT2D eigenvalue weighted by molar-refractivity contribution is 0.617. The zero-order chi connectivity index (χ0) is 41.5. The van der Waals surface area contributed by atoms with E-state index in [-0.39, 0.29) is 58.2 Å². The Hall–Kier alpha value is -6.72. The highest BCUT2D eigenvalue weighted by molar-refractivity contribution is 6.11. The second kappa shape index (κ2) is 10.6. The molecule has 0 fully saturated rings. The standard InChI is InChI=1S/C47H31N3O2/c1-47(2)37-25-28(20-21-33(37)35-26-36-34-14-6-9-17-41(34)50(42(36)27-38(35)47)32-12-4-3-5-13-32)29-22-30(45-48-39-15-7-10-18-43(39)51-45)24-31(23-29)46-49-40-16-8-11-19-44(40)52-46/h3-27H,1-2H3/i7D,8D,10D,11D,15D,16D,18D,19D. The molecule has 0 aliphatic heterocycles. The first-order valence-electron chi connectivity index (χ1n) is 21.0. The van der Waals surface area contributed by atoms with Gasteiger partial charge in [0.2, 0.25) is 11.8 Å². The summed E-state index contributed by atoms with van der Waals surface area (Å²) < 4.78 is 81.2. The average Bonchev–Trinajstić information content (AvgIpc) is 4.04. The lowest BCUT2D eigenvalue weighted by Crippen LogP contribution is -2.15. The Morgan fingerprint density at radius 3 is 1.87 bits per heavy atom. The summed E-state index contributed by atoms with van der Waals surface area (Å²) >= 11 is 0. The predicted molar refractivity (Wildman–Crippen MR) is 210 cm³/mol. The van der Waals surface area contributed by atoms with E-state index in [0.29, 0.717) is 16.7 Å². The molecule has 0 spiro atoms. The van der Waals surface area contributed by atoms with E-state index in [2.05, 4.69) is 101 Å². The number of aromatic nitrogens is 3. The minimum Gasteiger partial charge on any atom is -0.436 e. The zero-order valence-corrected chi connectivity index (χ0v) is 28.0.